The van der Waals surface area contributed by atoms with Gasteiger partial charge in [-0.3, -0.25) is 5.10 Å². The zero-order chi connectivity index (χ0) is 23.2. The molecule has 1 saturated heterocycles. The Hall–Kier alpha value is -3.34. The fourth-order valence-electron chi connectivity index (χ4n) is 4.18. The van der Waals surface area contributed by atoms with E-state index < -0.39 is 0 Å². The quantitative estimate of drug-likeness (QED) is 0.340. The van der Waals surface area contributed by atoms with Crippen molar-refractivity contribution in [3.63, 3.8) is 0 Å². The predicted molar refractivity (Wildman–Crippen MR) is 134 cm³/mol. The van der Waals surface area contributed by atoms with Gasteiger partial charge in [-0.05, 0) is 19.2 Å². The minimum Gasteiger partial charge on any atom is -0.375 e. The summed E-state index contributed by atoms with van der Waals surface area (Å²) in [4.78, 5) is 17.2. The lowest BCUT2D eigenvalue weighted by atomic mass is 10.3. The zero-order valence-corrected chi connectivity index (χ0v) is 19.9. The number of hydrogen-bond acceptors (Lipinski definition) is 7. The van der Waals surface area contributed by atoms with Crippen LogP contribution in [0.15, 0.2) is 36.8 Å². The zero-order valence-electron chi connectivity index (χ0n) is 18.4. The SMILES string of the molecule is CN1CCN(c2cc(NCc3nc4cc(Cl)c(Cl)cc4[nH]3)c3ncc(-c4cn[nH]c4)n3n2)CC1. The number of aromatic amines is 2. The van der Waals surface area contributed by atoms with E-state index >= 15 is 0 Å². The summed E-state index contributed by atoms with van der Waals surface area (Å²) >= 11 is 12.3. The van der Waals surface area contributed by atoms with Crippen LogP contribution in [0.4, 0.5) is 11.5 Å². The smallest absolute Gasteiger partial charge is 0.177 e. The molecule has 0 bridgehead atoms. The first kappa shape index (κ1) is 21.2. The van der Waals surface area contributed by atoms with Crippen LogP contribution in [0.25, 0.3) is 27.9 Å². The van der Waals surface area contributed by atoms with Crippen molar-refractivity contribution in [3.8, 4) is 11.3 Å². The number of anilines is 2. The van der Waals surface area contributed by atoms with Crippen LogP contribution in [0, 0.1) is 0 Å². The van der Waals surface area contributed by atoms with Gasteiger partial charge in [0.1, 0.15) is 5.82 Å². The van der Waals surface area contributed by atoms with Gasteiger partial charge < -0.3 is 20.1 Å². The van der Waals surface area contributed by atoms with Crippen LogP contribution in [0.3, 0.4) is 0 Å². The number of aromatic nitrogens is 7. The molecule has 1 fully saturated rings. The number of imidazole rings is 2. The van der Waals surface area contributed by atoms with E-state index in [1.807, 2.05) is 16.9 Å². The summed E-state index contributed by atoms with van der Waals surface area (Å²) in [6.45, 7) is 4.28. The summed E-state index contributed by atoms with van der Waals surface area (Å²) in [6.07, 6.45) is 5.42. The van der Waals surface area contributed by atoms with Crippen LogP contribution in [0.5, 0.6) is 0 Å². The van der Waals surface area contributed by atoms with E-state index in [1.165, 1.54) is 0 Å². The molecule has 0 unspecified atom stereocenters. The maximum Gasteiger partial charge on any atom is 0.177 e. The standard InChI is InChI=1S/C22H22Cl2N10/c1-32-2-4-33(5-3-32)21-8-18(22-26-11-19(34(22)31-21)13-9-27-28-10-13)25-12-20-29-16-6-14(23)15(24)7-17(16)30-20/h6-11,25H,2-5,12H2,1H3,(H,27,28)(H,29,30). The first-order valence-electron chi connectivity index (χ1n) is 10.9. The number of hydrogen-bond donors (Lipinski definition) is 3. The van der Waals surface area contributed by atoms with Gasteiger partial charge in [-0.25, -0.2) is 14.5 Å². The van der Waals surface area contributed by atoms with Gasteiger partial charge in [0.25, 0.3) is 0 Å². The molecular weight excluding hydrogens is 475 g/mol. The van der Waals surface area contributed by atoms with Crippen LogP contribution in [-0.2, 0) is 6.54 Å². The highest BCUT2D eigenvalue weighted by Gasteiger charge is 2.20. The molecule has 10 nitrogen and oxygen atoms in total. The number of nitrogens with one attached hydrogen (secondary N) is 3. The summed E-state index contributed by atoms with van der Waals surface area (Å²) < 4.78 is 1.87. The number of benzene rings is 1. The lowest BCUT2D eigenvalue weighted by Gasteiger charge is -2.33. The van der Waals surface area contributed by atoms with Crippen LogP contribution >= 0.6 is 23.2 Å². The van der Waals surface area contributed by atoms with Gasteiger partial charge in [0.05, 0.1) is 51.4 Å². The number of H-pyrrole nitrogens is 2. The molecule has 5 aromatic rings. The molecule has 0 saturated carbocycles. The van der Waals surface area contributed by atoms with Crippen LogP contribution < -0.4 is 10.2 Å². The van der Waals surface area contributed by atoms with Crippen LogP contribution in [0.1, 0.15) is 5.82 Å². The Balaban J connectivity index is 1.37. The molecule has 0 radical (unpaired) electrons. The number of fused-ring (bicyclic) bond motifs is 2. The Morgan fingerprint density at radius 1 is 1.06 bits per heavy atom. The number of nitrogens with zero attached hydrogens (tertiary/aromatic N) is 7. The van der Waals surface area contributed by atoms with Crippen molar-refractivity contribution in [1.82, 2.24) is 39.7 Å². The molecular formula is C22H22Cl2N10. The largest absolute Gasteiger partial charge is 0.375 e. The maximum atomic E-state index is 6.15. The number of likely N-dealkylation sites (N-methyl/N-ethyl adjacent to an activating group) is 1. The van der Waals surface area contributed by atoms with E-state index in [4.69, 9.17) is 28.3 Å². The Kier molecular flexibility index (Phi) is 5.28. The normalized spacial score (nSPS) is 15.0. The molecule has 3 N–H and O–H groups in total. The van der Waals surface area contributed by atoms with Crippen LogP contribution in [0.2, 0.25) is 10.0 Å². The van der Waals surface area contributed by atoms with Crippen molar-refractivity contribution in [2.75, 3.05) is 43.4 Å². The third kappa shape index (κ3) is 3.83. The number of rotatable bonds is 5. The Morgan fingerprint density at radius 3 is 2.68 bits per heavy atom. The van der Waals surface area contributed by atoms with E-state index in [0.29, 0.717) is 16.6 Å². The summed E-state index contributed by atoms with van der Waals surface area (Å²) in [5.74, 6) is 1.67. The molecule has 174 valence electrons. The van der Waals surface area contributed by atoms with Gasteiger partial charge >= 0.3 is 0 Å². The molecule has 4 aromatic heterocycles. The molecule has 0 spiro atoms. The third-order valence-electron chi connectivity index (χ3n) is 6.10. The predicted octanol–water partition coefficient (Wildman–Crippen LogP) is 3.67. The fourth-order valence-corrected chi connectivity index (χ4v) is 4.51. The molecule has 5 heterocycles. The lowest BCUT2D eigenvalue weighted by molar-refractivity contribution is 0.311. The molecule has 1 aliphatic rings. The maximum absolute atomic E-state index is 6.15. The second-order valence-electron chi connectivity index (χ2n) is 8.39. The number of halogens is 2. The van der Waals surface area contributed by atoms with E-state index in [-0.39, 0.29) is 0 Å². The molecule has 0 amide bonds. The molecule has 34 heavy (non-hydrogen) atoms. The topological polar surface area (TPSA) is 106 Å². The molecule has 0 aliphatic carbocycles. The Morgan fingerprint density at radius 2 is 1.88 bits per heavy atom. The second-order valence-corrected chi connectivity index (χ2v) is 9.21. The summed E-state index contributed by atoms with van der Waals surface area (Å²) in [5, 5.41) is 16.4. The van der Waals surface area contributed by atoms with Crippen LogP contribution in [-0.4, -0.2) is 72.9 Å². The second kappa shape index (κ2) is 8.46. The third-order valence-corrected chi connectivity index (χ3v) is 6.82. The summed E-state index contributed by atoms with van der Waals surface area (Å²) in [6, 6.07) is 5.61. The highest BCUT2D eigenvalue weighted by atomic mass is 35.5. The van der Waals surface area contributed by atoms with E-state index in [0.717, 1.165) is 71.4 Å². The van der Waals surface area contributed by atoms with E-state index in [2.05, 4.69) is 53.4 Å². The summed E-state index contributed by atoms with van der Waals surface area (Å²) in [5.41, 5.74) is 5.01. The van der Waals surface area contributed by atoms with Crippen molar-refractivity contribution < 1.29 is 0 Å². The van der Waals surface area contributed by atoms with Crippen molar-refractivity contribution in [2.24, 2.45) is 0 Å². The average Bonchev–Trinajstić information content (AvgIpc) is 3.57. The lowest BCUT2D eigenvalue weighted by Crippen LogP contribution is -2.45. The van der Waals surface area contributed by atoms with Crippen molar-refractivity contribution in [1.29, 1.82) is 0 Å². The molecule has 1 aromatic carbocycles. The van der Waals surface area contributed by atoms with Gasteiger partial charge in [-0.1, -0.05) is 23.2 Å². The first-order valence-corrected chi connectivity index (χ1v) is 11.7. The monoisotopic (exact) mass is 496 g/mol. The Labute approximate surface area is 204 Å². The average molecular weight is 497 g/mol. The van der Waals surface area contributed by atoms with Gasteiger partial charge in [-0.2, -0.15) is 5.10 Å². The highest BCUT2D eigenvalue weighted by molar-refractivity contribution is 6.42. The van der Waals surface area contributed by atoms with E-state index in [1.54, 1.807) is 18.3 Å². The minimum atomic E-state index is 0.472. The molecule has 12 heteroatoms. The molecule has 0 atom stereocenters. The van der Waals surface area contributed by atoms with Gasteiger partial charge in [-0.15, -0.1) is 5.10 Å². The number of piperazine rings is 1. The van der Waals surface area contributed by atoms with E-state index in [9.17, 15) is 0 Å². The van der Waals surface area contributed by atoms with Crippen molar-refractivity contribution in [3.05, 3.63) is 52.7 Å². The van der Waals surface area contributed by atoms with Crippen molar-refractivity contribution in [2.45, 2.75) is 6.54 Å². The minimum absolute atomic E-state index is 0.472. The van der Waals surface area contributed by atoms with Gasteiger partial charge in [0.2, 0.25) is 0 Å². The molecule has 6 rings (SSSR count). The fraction of sp³-hybridized carbons (Fsp3) is 0.273. The first-order chi connectivity index (χ1) is 16.5. The van der Waals surface area contributed by atoms with Crippen molar-refractivity contribution >= 4 is 51.4 Å². The van der Waals surface area contributed by atoms with Gasteiger partial charge in [0, 0.05) is 44.0 Å². The summed E-state index contributed by atoms with van der Waals surface area (Å²) in [7, 11) is 2.14. The molecule has 1 aliphatic heterocycles. The van der Waals surface area contributed by atoms with Gasteiger partial charge in [0.15, 0.2) is 11.5 Å². The Bertz CT molecular complexity index is 1430. The highest BCUT2D eigenvalue weighted by Crippen LogP contribution is 2.29.